The predicted octanol–water partition coefficient (Wildman–Crippen LogP) is -0.218. The van der Waals surface area contributed by atoms with Crippen molar-refractivity contribution >= 4 is 11.8 Å². The van der Waals surface area contributed by atoms with Gasteiger partial charge in [0.15, 0.2) is 0 Å². The third-order valence-corrected chi connectivity index (χ3v) is 3.87. The summed E-state index contributed by atoms with van der Waals surface area (Å²) in [5, 5.41) is 7.82. The minimum atomic E-state index is -0.578. The SMILES string of the molecule is CC[C@]1(C(N)=O)CCCN(C(=O)Cn2nccn2)C1. The van der Waals surface area contributed by atoms with Gasteiger partial charge in [-0.25, -0.2) is 0 Å². The fourth-order valence-electron chi connectivity index (χ4n) is 2.55. The first-order chi connectivity index (χ1) is 9.07. The zero-order chi connectivity index (χ0) is 13.9. The predicted molar refractivity (Wildman–Crippen MR) is 67.8 cm³/mol. The lowest BCUT2D eigenvalue weighted by atomic mass is 9.77. The Kier molecular flexibility index (Phi) is 3.82. The highest BCUT2D eigenvalue weighted by atomic mass is 16.2. The van der Waals surface area contributed by atoms with Gasteiger partial charge in [0.2, 0.25) is 11.8 Å². The summed E-state index contributed by atoms with van der Waals surface area (Å²) in [7, 11) is 0. The van der Waals surface area contributed by atoms with Crippen molar-refractivity contribution in [2.24, 2.45) is 11.1 Å². The number of hydrogen-bond donors (Lipinski definition) is 1. The third-order valence-electron chi connectivity index (χ3n) is 3.87. The Hall–Kier alpha value is -1.92. The molecule has 0 spiro atoms. The molecule has 1 atom stereocenters. The zero-order valence-corrected chi connectivity index (χ0v) is 11.1. The largest absolute Gasteiger partial charge is 0.369 e. The molecule has 1 fully saturated rings. The fourth-order valence-corrected chi connectivity index (χ4v) is 2.55. The van der Waals surface area contributed by atoms with Crippen LogP contribution in [0, 0.1) is 5.41 Å². The zero-order valence-electron chi connectivity index (χ0n) is 11.1. The van der Waals surface area contributed by atoms with Crippen LogP contribution in [0.3, 0.4) is 0 Å². The number of hydrogen-bond acceptors (Lipinski definition) is 4. The van der Waals surface area contributed by atoms with Crippen LogP contribution in [0.1, 0.15) is 26.2 Å². The van der Waals surface area contributed by atoms with Crippen molar-refractivity contribution in [2.75, 3.05) is 13.1 Å². The number of primary amides is 1. The standard InChI is InChI=1S/C12H19N5O2/c1-2-12(11(13)19)4-3-7-16(9-12)10(18)8-17-14-5-6-15-17/h5-6H,2-4,7-9H2,1H3,(H2,13,19)/t12-/m0/s1. The minimum Gasteiger partial charge on any atom is -0.369 e. The van der Waals surface area contributed by atoms with Gasteiger partial charge in [-0.3, -0.25) is 9.59 Å². The lowest BCUT2D eigenvalue weighted by molar-refractivity contribution is -0.140. The molecule has 1 saturated heterocycles. The maximum Gasteiger partial charge on any atom is 0.246 e. The van der Waals surface area contributed by atoms with E-state index in [0.29, 0.717) is 19.5 Å². The molecule has 0 saturated carbocycles. The molecule has 104 valence electrons. The van der Waals surface area contributed by atoms with Crippen molar-refractivity contribution in [1.29, 1.82) is 0 Å². The summed E-state index contributed by atoms with van der Waals surface area (Å²) in [6.45, 7) is 3.10. The molecule has 7 heteroatoms. The van der Waals surface area contributed by atoms with Crippen molar-refractivity contribution < 1.29 is 9.59 Å². The third kappa shape index (κ3) is 2.74. The Bertz CT molecular complexity index is 459. The molecule has 2 heterocycles. The first kappa shape index (κ1) is 13.5. The number of nitrogens with zero attached hydrogens (tertiary/aromatic N) is 4. The van der Waals surface area contributed by atoms with Crippen molar-refractivity contribution in [2.45, 2.75) is 32.7 Å². The average molecular weight is 265 g/mol. The van der Waals surface area contributed by atoms with Gasteiger partial charge in [0.05, 0.1) is 17.8 Å². The van der Waals surface area contributed by atoms with Crippen LogP contribution in [0.2, 0.25) is 0 Å². The van der Waals surface area contributed by atoms with E-state index in [1.54, 1.807) is 4.90 Å². The Morgan fingerprint density at radius 2 is 2.05 bits per heavy atom. The van der Waals surface area contributed by atoms with Crippen molar-refractivity contribution in [3.63, 3.8) is 0 Å². The van der Waals surface area contributed by atoms with Gasteiger partial charge in [0.25, 0.3) is 0 Å². The second-order valence-electron chi connectivity index (χ2n) is 4.98. The quantitative estimate of drug-likeness (QED) is 0.814. The number of carbonyl (C=O) groups excluding carboxylic acids is 2. The van der Waals surface area contributed by atoms with E-state index in [0.717, 1.165) is 12.8 Å². The van der Waals surface area contributed by atoms with Crippen LogP contribution in [0.25, 0.3) is 0 Å². The van der Waals surface area contributed by atoms with Gasteiger partial charge in [-0.2, -0.15) is 15.0 Å². The van der Waals surface area contributed by atoms with E-state index in [1.165, 1.54) is 17.2 Å². The summed E-state index contributed by atoms with van der Waals surface area (Å²) in [5.41, 5.74) is 4.93. The van der Waals surface area contributed by atoms with E-state index in [4.69, 9.17) is 5.73 Å². The number of rotatable bonds is 4. The van der Waals surface area contributed by atoms with Gasteiger partial charge < -0.3 is 10.6 Å². The summed E-state index contributed by atoms with van der Waals surface area (Å²) < 4.78 is 0. The smallest absolute Gasteiger partial charge is 0.246 e. The molecule has 0 radical (unpaired) electrons. The molecule has 7 nitrogen and oxygen atoms in total. The summed E-state index contributed by atoms with van der Waals surface area (Å²) >= 11 is 0. The van der Waals surface area contributed by atoms with E-state index in [2.05, 4.69) is 10.2 Å². The molecule has 1 aromatic heterocycles. The van der Waals surface area contributed by atoms with Gasteiger partial charge in [-0.15, -0.1) is 0 Å². The van der Waals surface area contributed by atoms with Gasteiger partial charge in [-0.05, 0) is 19.3 Å². The fraction of sp³-hybridized carbons (Fsp3) is 0.667. The van der Waals surface area contributed by atoms with Crippen LogP contribution in [-0.4, -0.2) is 44.8 Å². The summed E-state index contributed by atoms with van der Waals surface area (Å²) in [4.78, 5) is 26.8. The number of aromatic nitrogens is 3. The molecular weight excluding hydrogens is 246 g/mol. The van der Waals surface area contributed by atoms with Crippen LogP contribution < -0.4 is 5.73 Å². The van der Waals surface area contributed by atoms with Crippen LogP contribution in [-0.2, 0) is 16.1 Å². The summed E-state index contributed by atoms with van der Waals surface area (Å²) in [6, 6.07) is 0. The molecular formula is C12H19N5O2. The van der Waals surface area contributed by atoms with E-state index in [1.807, 2.05) is 6.92 Å². The topological polar surface area (TPSA) is 94.1 Å². The monoisotopic (exact) mass is 265 g/mol. The Balaban J connectivity index is 2.04. The highest BCUT2D eigenvalue weighted by molar-refractivity contribution is 5.83. The van der Waals surface area contributed by atoms with Gasteiger partial charge in [-0.1, -0.05) is 6.92 Å². The number of carbonyl (C=O) groups is 2. The lowest BCUT2D eigenvalue weighted by Crippen LogP contribution is -2.52. The Labute approximate surface area is 111 Å². The van der Waals surface area contributed by atoms with Crippen LogP contribution in [0.5, 0.6) is 0 Å². The molecule has 1 aromatic rings. The maximum absolute atomic E-state index is 12.2. The lowest BCUT2D eigenvalue weighted by Gasteiger charge is -2.40. The molecule has 0 aliphatic carbocycles. The van der Waals surface area contributed by atoms with Crippen LogP contribution >= 0.6 is 0 Å². The molecule has 1 aliphatic rings. The van der Waals surface area contributed by atoms with Crippen molar-refractivity contribution in [1.82, 2.24) is 19.9 Å². The summed E-state index contributed by atoms with van der Waals surface area (Å²) in [6.07, 6.45) is 5.27. The van der Waals surface area contributed by atoms with Gasteiger partial charge >= 0.3 is 0 Å². The molecule has 0 bridgehead atoms. The van der Waals surface area contributed by atoms with E-state index in [9.17, 15) is 9.59 Å². The number of likely N-dealkylation sites (tertiary alicyclic amines) is 1. The Morgan fingerprint density at radius 3 is 2.63 bits per heavy atom. The Morgan fingerprint density at radius 1 is 1.37 bits per heavy atom. The van der Waals surface area contributed by atoms with Crippen LogP contribution in [0.15, 0.2) is 12.4 Å². The summed E-state index contributed by atoms with van der Waals surface area (Å²) in [5.74, 6) is -0.389. The molecule has 1 aliphatic heterocycles. The van der Waals surface area contributed by atoms with E-state index in [-0.39, 0.29) is 18.4 Å². The normalized spacial score (nSPS) is 23.3. The number of piperidine rings is 1. The van der Waals surface area contributed by atoms with E-state index >= 15 is 0 Å². The molecule has 0 unspecified atom stereocenters. The average Bonchev–Trinajstić information content (AvgIpc) is 2.91. The highest BCUT2D eigenvalue weighted by Gasteiger charge is 2.40. The molecule has 0 aromatic carbocycles. The molecule has 2 rings (SSSR count). The first-order valence-electron chi connectivity index (χ1n) is 6.49. The highest BCUT2D eigenvalue weighted by Crippen LogP contribution is 2.33. The second-order valence-corrected chi connectivity index (χ2v) is 4.98. The maximum atomic E-state index is 12.2. The second kappa shape index (κ2) is 5.38. The van der Waals surface area contributed by atoms with E-state index < -0.39 is 5.41 Å². The van der Waals surface area contributed by atoms with Crippen LogP contribution in [0.4, 0.5) is 0 Å². The number of nitrogens with two attached hydrogens (primary N) is 1. The van der Waals surface area contributed by atoms with Crippen molar-refractivity contribution in [3.8, 4) is 0 Å². The van der Waals surface area contributed by atoms with Gasteiger partial charge in [0.1, 0.15) is 6.54 Å². The molecule has 19 heavy (non-hydrogen) atoms. The molecule has 2 N–H and O–H groups in total. The first-order valence-corrected chi connectivity index (χ1v) is 6.49. The number of amides is 2. The minimum absolute atomic E-state index is 0.0741. The molecule has 2 amide bonds. The van der Waals surface area contributed by atoms with Crippen molar-refractivity contribution in [3.05, 3.63) is 12.4 Å². The van der Waals surface area contributed by atoms with Gasteiger partial charge in [0, 0.05) is 13.1 Å².